The summed E-state index contributed by atoms with van der Waals surface area (Å²) in [6.45, 7) is 3.39. The molecule has 0 radical (unpaired) electrons. The summed E-state index contributed by atoms with van der Waals surface area (Å²) in [4.78, 5) is 0. The van der Waals surface area contributed by atoms with Crippen molar-refractivity contribution in [3.05, 3.63) is 35.8 Å². The van der Waals surface area contributed by atoms with E-state index in [1.165, 1.54) is 13.2 Å². The largest absolute Gasteiger partial charge is 0.496 e. The van der Waals surface area contributed by atoms with Crippen molar-refractivity contribution in [3.63, 3.8) is 0 Å². The molecule has 2 rings (SSSR count). The molecular formula is C13H15FN2O2. The molecule has 0 unspecified atom stereocenters. The summed E-state index contributed by atoms with van der Waals surface area (Å²) in [5.41, 5.74) is 1.12. The molecule has 0 amide bonds. The predicted octanol–water partition coefficient (Wildman–Crippen LogP) is 2.60. The zero-order valence-corrected chi connectivity index (χ0v) is 10.4. The van der Waals surface area contributed by atoms with Gasteiger partial charge >= 0.3 is 0 Å². The summed E-state index contributed by atoms with van der Waals surface area (Å²) in [6.07, 6.45) is 1.59. The van der Waals surface area contributed by atoms with Gasteiger partial charge in [-0.1, -0.05) is 18.1 Å². The van der Waals surface area contributed by atoms with Gasteiger partial charge in [-0.15, -0.1) is 0 Å². The van der Waals surface area contributed by atoms with Gasteiger partial charge in [-0.05, 0) is 18.7 Å². The van der Waals surface area contributed by atoms with Crippen molar-refractivity contribution in [2.24, 2.45) is 0 Å². The molecule has 0 fully saturated rings. The number of nitrogens with zero attached hydrogens (tertiary/aromatic N) is 1. The van der Waals surface area contributed by atoms with Crippen LogP contribution in [0.4, 0.5) is 4.39 Å². The lowest BCUT2D eigenvalue weighted by atomic mass is 10.1. The Morgan fingerprint density at radius 3 is 3.00 bits per heavy atom. The summed E-state index contributed by atoms with van der Waals surface area (Å²) < 4.78 is 24.2. The first-order valence-corrected chi connectivity index (χ1v) is 5.75. The van der Waals surface area contributed by atoms with E-state index in [4.69, 9.17) is 9.26 Å². The van der Waals surface area contributed by atoms with Gasteiger partial charge in [0.05, 0.1) is 18.9 Å². The summed E-state index contributed by atoms with van der Waals surface area (Å²) >= 11 is 0. The maximum Gasteiger partial charge on any atom is 0.178 e. The molecule has 0 atom stereocenters. The molecule has 4 nitrogen and oxygen atoms in total. The van der Waals surface area contributed by atoms with E-state index in [1.807, 2.05) is 6.92 Å². The highest BCUT2D eigenvalue weighted by Gasteiger charge is 2.19. The second-order valence-corrected chi connectivity index (χ2v) is 3.78. The quantitative estimate of drug-likeness (QED) is 0.886. The zero-order chi connectivity index (χ0) is 13.0. The number of hydrogen-bond acceptors (Lipinski definition) is 4. The van der Waals surface area contributed by atoms with Crippen LogP contribution < -0.4 is 10.1 Å². The van der Waals surface area contributed by atoms with Crippen LogP contribution in [0.25, 0.3) is 11.3 Å². The summed E-state index contributed by atoms with van der Waals surface area (Å²) in [5.74, 6) is 0.458. The zero-order valence-electron chi connectivity index (χ0n) is 10.4. The standard InChI is InChI=1S/C13H15FN2O2/c1-3-15-7-9-8-16-18-13(9)12-10(14)5-4-6-11(12)17-2/h4-6,8,15H,3,7H2,1-2H3. The van der Waals surface area contributed by atoms with Crippen molar-refractivity contribution < 1.29 is 13.7 Å². The molecule has 96 valence electrons. The van der Waals surface area contributed by atoms with Crippen LogP contribution in [0.2, 0.25) is 0 Å². The van der Waals surface area contributed by atoms with Gasteiger partial charge in [0.2, 0.25) is 0 Å². The fraction of sp³-hybridized carbons (Fsp3) is 0.308. The highest BCUT2D eigenvalue weighted by atomic mass is 19.1. The lowest BCUT2D eigenvalue weighted by molar-refractivity contribution is 0.401. The van der Waals surface area contributed by atoms with E-state index >= 15 is 0 Å². The van der Waals surface area contributed by atoms with E-state index in [-0.39, 0.29) is 5.82 Å². The van der Waals surface area contributed by atoms with Gasteiger partial charge in [0.15, 0.2) is 5.76 Å². The SMILES string of the molecule is CCNCc1cnoc1-c1c(F)cccc1OC. The fourth-order valence-corrected chi connectivity index (χ4v) is 1.75. The van der Waals surface area contributed by atoms with Gasteiger partial charge in [-0.25, -0.2) is 4.39 Å². The number of ether oxygens (including phenoxy) is 1. The smallest absolute Gasteiger partial charge is 0.178 e. The van der Waals surface area contributed by atoms with Crippen molar-refractivity contribution in [1.82, 2.24) is 10.5 Å². The van der Waals surface area contributed by atoms with E-state index in [1.54, 1.807) is 18.3 Å². The first kappa shape index (κ1) is 12.6. The number of benzene rings is 1. The van der Waals surface area contributed by atoms with Gasteiger partial charge in [0, 0.05) is 12.1 Å². The normalized spacial score (nSPS) is 10.6. The third-order valence-corrected chi connectivity index (χ3v) is 2.63. The third-order valence-electron chi connectivity index (χ3n) is 2.63. The molecule has 2 aromatic rings. The first-order chi connectivity index (χ1) is 8.77. The Hall–Kier alpha value is -1.88. The molecule has 0 spiro atoms. The number of nitrogens with one attached hydrogen (secondary N) is 1. The van der Waals surface area contributed by atoms with Gasteiger partial charge in [0.1, 0.15) is 11.6 Å². The van der Waals surface area contributed by atoms with Gasteiger partial charge < -0.3 is 14.6 Å². The molecular weight excluding hydrogens is 235 g/mol. The molecule has 1 aromatic carbocycles. The van der Waals surface area contributed by atoms with E-state index in [0.29, 0.717) is 23.6 Å². The maximum absolute atomic E-state index is 13.9. The van der Waals surface area contributed by atoms with Crippen molar-refractivity contribution in [2.75, 3.05) is 13.7 Å². The Morgan fingerprint density at radius 2 is 2.28 bits per heavy atom. The monoisotopic (exact) mass is 250 g/mol. The molecule has 1 aromatic heterocycles. The Bertz CT molecular complexity index is 525. The van der Waals surface area contributed by atoms with Gasteiger partial charge in [0.25, 0.3) is 0 Å². The third kappa shape index (κ3) is 2.36. The first-order valence-electron chi connectivity index (χ1n) is 5.75. The molecule has 0 bridgehead atoms. The Labute approximate surface area is 105 Å². The molecule has 18 heavy (non-hydrogen) atoms. The van der Waals surface area contributed by atoms with E-state index in [2.05, 4.69) is 10.5 Å². The van der Waals surface area contributed by atoms with E-state index < -0.39 is 0 Å². The second-order valence-electron chi connectivity index (χ2n) is 3.78. The van der Waals surface area contributed by atoms with Gasteiger partial charge in [-0.2, -0.15) is 0 Å². The summed E-state index contributed by atoms with van der Waals surface area (Å²) in [5, 5.41) is 6.89. The average molecular weight is 250 g/mol. The minimum Gasteiger partial charge on any atom is -0.496 e. The average Bonchev–Trinajstić information content (AvgIpc) is 2.83. The van der Waals surface area contributed by atoms with Crippen LogP contribution in [0, 0.1) is 5.82 Å². The minimum absolute atomic E-state index is 0.311. The molecule has 0 saturated heterocycles. The van der Waals surface area contributed by atoms with Crippen LogP contribution in [-0.4, -0.2) is 18.8 Å². The number of methoxy groups -OCH3 is 1. The van der Waals surface area contributed by atoms with Crippen molar-refractivity contribution in [2.45, 2.75) is 13.5 Å². The second kappa shape index (κ2) is 5.64. The lowest BCUT2D eigenvalue weighted by Gasteiger charge is -2.08. The highest BCUT2D eigenvalue weighted by Crippen LogP contribution is 2.34. The van der Waals surface area contributed by atoms with E-state index in [9.17, 15) is 4.39 Å². The van der Waals surface area contributed by atoms with Crippen molar-refractivity contribution >= 4 is 0 Å². The van der Waals surface area contributed by atoms with Crippen molar-refractivity contribution in [3.8, 4) is 17.1 Å². The minimum atomic E-state index is -0.385. The molecule has 0 aliphatic rings. The number of halogens is 1. The number of rotatable bonds is 5. The molecule has 0 saturated carbocycles. The fourth-order valence-electron chi connectivity index (χ4n) is 1.75. The Kier molecular flexibility index (Phi) is 3.94. The summed E-state index contributed by atoms with van der Waals surface area (Å²) in [7, 11) is 1.50. The van der Waals surface area contributed by atoms with Crippen LogP contribution in [0.15, 0.2) is 28.9 Å². The predicted molar refractivity (Wildman–Crippen MR) is 65.8 cm³/mol. The molecule has 0 aliphatic carbocycles. The van der Waals surface area contributed by atoms with Gasteiger partial charge in [-0.3, -0.25) is 0 Å². The topological polar surface area (TPSA) is 47.3 Å². The number of aromatic nitrogens is 1. The molecule has 1 heterocycles. The van der Waals surface area contributed by atoms with Crippen LogP contribution in [0.5, 0.6) is 5.75 Å². The molecule has 1 N–H and O–H groups in total. The lowest BCUT2D eigenvalue weighted by Crippen LogP contribution is -2.11. The van der Waals surface area contributed by atoms with Crippen LogP contribution in [-0.2, 0) is 6.54 Å². The number of hydrogen-bond donors (Lipinski definition) is 1. The summed E-state index contributed by atoms with van der Waals surface area (Å²) in [6, 6.07) is 4.66. The van der Waals surface area contributed by atoms with Crippen LogP contribution >= 0.6 is 0 Å². The van der Waals surface area contributed by atoms with E-state index in [0.717, 1.165) is 12.1 Å². The Balaban J connectivity index is 2.45. The van der Waals surface area contributed by atoms with Crippen LogP contribution in [0.3, 0.4) is 0 Å². The molecule has 0 aliphatic heterocycles. The Morgan fingerprint density at radius 1 is 1.44 bits per heavy atom. The van der Waals surface area contributed by atoms with Crippen LogP contribution in [0.1, 0.15) is 12.5 Å². The molecule has 5 heteroatoms. The highest BCUT2D eigenvalue weighted by molar-refractivity contribution is 5.68. The maximum atomic E-state index is 13.9. The van der Waals surface area contributed by atoms with Crippen molar-refractivity contribution in [1.29, 1.82) is 0 Å².